The lowest BCUT2D eigenvalue weighted by Gasteiger charge is -2.08. The number of phenols is 1. The Labute approximate surface area is 105 Å². The van der Waals surface area contributed by atoms with E-state index in [0.29, 0.717) is 5.69 Å². The highest BCUT2D eigenvalue weighted by Gasteiger charge is 2.11. The van der Waals surface area contributed by atoms with E-state index in [2.05, 4.69) is 10.1 Å². The van der Waals surface area contributed by atoms with Gasteiger partial charge in [-0.15, -0.1) is 0 Å². The highest BCUT2D eigenvalue weighted by Crippen LogP contribution is 2.24. The quantitative estimate of drug-likeness (QED) is 0.642. The van der Waals surface area contributed by atoms with E-state index in [1.165, 1.54) is 13.2 Å². The molecule has 0 aliphatic carbocycles. The molecule has 0 aliphatic heterocycles. The van der Waals surface area contributed by atoms with Crippen LogP contribution < -0.4 is 5.32 Å². The van der Waals surface area contributed by atoms with E-state index in [9.17, 15) is 9.90 Å². The Morgan fingerprint density at radius 2 is 1.83 bits per heavy atom. The number of phenolic OH excluding ortho intramolecular Hbond substituents is 1. The lowest BCUT2D eigenvalue weighted by Crippen LogP contribution is -2.02. The molecule has 0 atom stereocenters. The number of hydrogen-bond donors (Lipinski definition) is 2. The molecule has 0 radical (unpaired) electrons. The number of benzene rings is 2. The van der Waals surface area contributed by atoms with Gasteiger partial charge in [0, 0.05) is 11.4 Å². The van der Waals surface area contributed by atoms with E-state index in [1.807, 2.05) is 30.3 Å². The molecular formula is C14H13NO3. The van der Waals surface area contributed by atoms with Gasteiger partial charge in [-0.2, -0.15) is 0 Å². The van der Waals surface area contributed by atoms with Gasteiger partial charge in [-0.3, -0.25) is 0 Å². The van der Waals surface area contributed by atoms with Crippen LogP contribution in [0.4, 0.5) is 11.4 Å². The number of hydrogen-bond acceptors (Lipinski definition) is 4. The Kier molecular flexibility index (Phi) is 3.48. The Morgan fingerprint density at radius 1 is 1.11 bits per heavy atom. The molecule has 0 heterocycles. The molecule has 0 saturated heterocycles. The fraction of sp³-hybridized carbons (Fsp3) is 0.0714. The van der Waals surface area contributed by atoms with Crippen LogP contribution in [0.2, 0.25) is 0 Å². The second kappa shape index (κ2) is 5.23. The second-order valence-corrected chi connectivity index (χ2v) is 3.71. The zero-order valence-electron chi connectivity index (χ0n) is 9.88. The Balaban J connectivity index is 2.27. The largest absolute Gasteiger partial charge is 0.507 e. The van der Waals surface area contributed by atoms with Crippen molar-refractivity contribution in [2.45, 2.75) is 0 Å². The molecule has 0 spiro atoms. The molecule has 0 amide bonds. The van der Waals surface area contributed by atoms with Crippen molar-refractivity contribution < 1.29 is 14.6 Å². The molecule has 0 unspecified atom stereocenters. The minimum absolute atomic E-state index is 0.0968. The third-order valence-electron chi connectivity index (χ3n) is 2.46. The Morgan fingerprint density at radius 3 is 2.50 bits per heavy atom. The zero-order chi connectivity index (χ0) is 13.0. The molecule has 18 heavy (non-hydrogen) atoms. The summed E-state index contributed by atoms with van der Waals surface area (Å²) in [5.74, 6) is -0.662. The highest BCUT2D eigenvalue weighted by molar-refractivity contribution is 5.93. The summed E-state index contributed by atoms with van der Waals surface area (Å²) < 4.78 is 4.60. The van der Waals surface area contributed by atoms with Crippen LogP contribution in [-0.2, 0) is 4.74 Å². The number of ether oxygens (including phenoxy) is 1. The van der Waals surface area contributed by atoms with Crippen molar-refractivity contribution in [1.29, 1.82) is 0 Å². The van der Waals surface area contributed by atoms with Crippen LogP contribution in [0.25, 0.3) is 0 Å². The van der Waals surface area contributed by atoms with E-state index in [0.717, 1.165) is 5.69 Å². The maximum absolute atomic E-state index is 11.4. The third kappa shape index (κ3) is 2.60. The van der Waals surface area contributed by atoms with Crippen molar-refractivity contribution in [2.24, 2.45) is 0 Å². The van der Waals surface area contributed by atoms with Gasteiger partial charge in [-0.1, -0.05) is 18.2 Å². The van der Waals surface area contributed by atoms with Gasteiger partial charge in [0.25, 0.3) is 0 Å². The fourth-order valence-electron chi connectivity index (χ4n) is 1.58. The Bertz CT molecular complexity index is 552. The van der Waals surface area contributed by atoms with Gasteiger partial charge >= 0.3 is 5.97 Å². The summed E-state index contributed by atoms with van der Waals surface area (Å²) in [5, 5.41) is 12.7. The van der Waals surface area contributed by atoms with Crippen molar-refractivity contribution in [3.05, 3.63) is 54.1 Å². The smallest absolute Gasteiger partial charge is 0.341 e. The van der Waals surface area contributed by atoms with Gasteiger partial charge in [0.1, 0.15) is 11.3 Å². The molecule has 0 aliphatic rings. The number of carbonyl (C=O) groups excluding carboxylic acids is 1. The molecule has 2 aromatic carbocycles. The molecule has 4 heteroatoms. The average molecular weight is 243 g/mol. The number of anilines is 2. The molecule has 2 rings (SSSR count). The van der Waals surface area contributed by atoms with Gasteiger partial charge in [-0.25, -0.2) is 4.79 Å². The predicted molar refractivity (Wildman–Crippen MR) is 69.2 cm³/mol. The normalized spacial score (nSPS) is 9.83. The lowest BCUT2D eigenvalue weighted by molar-refractivity contribution is 0.0597. The van der Waals surface area contributed by atoms with Crippen molar-refractivity contribution in [3.63, 3.8) is 0 Å². The van der Waals surface area contributed by atoms with Gasteiger partial charge in [0.15, 0.2) is 0 Å². The monoisotopic (exact) mass is 243 g/mol. The number of carbonyl (C=O) groups is 1. The summed E-state index contributed by atoms with van der Waals surface area (Å²) in [6.45, 7) is 0. The van der Waals surface area contributed by atoms with Gasteiger partial charge in [0.2, 0.25) is 0 Å². The first-order valence-electron chi connectivity index (χ1n) is 5.44. The van der Waals surface area contributed by atoms with Gasteiger partial charge < -0.3 is 15.2 Å². The zero-order valence-corrected chi connectivity index (χ0v) is 9.88. The van der Waals surface area contributed by atoms with Crippen molar-refractivity contribution in [2.75, 3.05) is 12.4 Å². The summed E-state index contributed by atoms with van der Waals surface area (Å²) in [5.41, 5.74) is 1.75. The van der Waals surface area contributed by atoms with Crippen LogP contribution in [0, 0.1) is 0 Å². The summed E-state index contributed by atoms with van der Waals surface area (Å²) in [7, 11) is 1.28. The van der Waals surface area contributed by atoms with E-state index < -0.39 is 5.97 Å². The number of rotatable bonds is 3. The van der Waals surface area contributed by atoms with Crippen LogP contribution in [-0.4, -0.2) is 18.2 Å². The molecule has 0 fully saturated rings. The number of methoxy groups -OCH3 is 1. The van der Waals surface area contributed by atoms with E-state index in [4.69, 9.17) is 0 Å². The topological polar surface area (TPSA) is 58.6 Å². The molecule has 4 nitrogen and oxygen atoms in total. The maximum Gasteiger partial charge on any atom is 0.341 e. The predicted octanol–water partition coefficient (Wildman–Crippen LogP) is 2.92. The molecule has 0 bridgehead atoms. The van der Waals surface area contributed by atoms with Crippen LogP contribution >= 0.6 is 0 Å². The minimum Gasteiger partial charge on any atom is -0.507 e. The molecule has 0 saturated carbocycles. The number of esters is 1. The lowest BCUT2D eigenvalue weighted by atomic mass is 10.1. The van der Waals surface area contributed by atoms with E-state index >= 15 is 0 Å². The van der Waals surface area contributed by atoms with Crippen LogP contribution in [0.1, 0.15) is 10.4 Å². The third-order valence-corrected chi connectivity index (χ3v) is 2.46. The van der Waals surface area contributed by atoms with Crippen LogP contribution in [0.15, 0.2) is 48.5 Å². The fourth-order valence-corrected chi connectivity index (χ4v) is 1.58. The first-order valence-corrected chi connectivity index (χ1v) is 5.44. The van der Waals surface area contributed by atoms with E-state index in [-0.39, 0.29) is 11.3 Å². The van der Waals surface area contributed by atoms with E-state index in [1.54, 1.807) is 12.1 Å². The first-order chi connectivity index (χ1) is 8.70. The van der Waals surface area contributed by atoms with Crippen molar-refractivity contribution >= 4 is 17.3 Å². The molecular weight excluding hydrogens is 230 g/mol. The molecule has 2 N–H and O–H groups in total. The number of aromatic hydroxyl groups is 1. The maximum atomic E-state index is 11.4. The van der Waals surface area contributed by atoms with Gasteiger partial charge in [-0.05, 0) is 30.3 Å². The van der Waals surface area contributed by atoms with Crippen molar-refractivity contribution in [1.82, 2.24) is 0 Å². The van der Waals surface area contributed by atoms with Crippen LogP contribution in [0.3, 0.4) is 0 Å². The minimum atomic E-state index is -0.566. The van der Waals surface area contributed by atoms with Crippen LogP contribution in [0.5, 0.6) is 5.75 Å². The standard InChI is InChI=1S/C14H13NO3/c1-18-14(17)12-9-11(7-8-13(12)16)15-10-5-3-2-4-6-10/h2-9,15-16H,1H3. The van der Waals surface area contributed by atoms with Gasteiger partial charge in [0.05, 0.1) is 7.11 Å². The number of nitrogens with one attached hydrogen (secondary N) is 1. The molecule has 2 aromatic rings. The second-order valence-electron chi connectivity index (χ2n) is 3.71. The average Bonchev–Trinajstić information content (AvgIpc) is 2.41. The Hall–Kier alpha value is -2.49. The molecule has 92 valence electrons. The number of para-hydroxylation sites is 1. The summed E-state index contributed by atoms with van der Waals surface area (Å²) in [4.78, 5) is 11.4. The summed E-state index contributed by atoms with van der Waals surface area (Å²) >= 11 is 0. The summed E-state index contributed by atoms with van der Waals surface area (Å²) in [6.07, 6.45) is 0. The SMILES string of the molecule is COC(=O)c1cc(Nc2ccccc2)ccc1O. The summed E-state index contributed by atoms with van der Waals surface area (Å²) in [6, 6.07) is 14.2. The first kappa shape index (κ1) is 12.0. The van der Waals surface area contributed by atoms with Crippen molar-refractivity contribution in [3.8, 4) is 5.75 Å². The molecule has 0 aromatic heterocycles. The highest BCUT2D eigenvalue weighted by atomic mass is 16.5.